The van der Waals surface area contributed by atoms with Crippen LogP contribution >= 0.6 is 0 Å². The molecule has 0 saturated carbocycles. The van der Waals surface area contributed by atoms with E-state index in [1.54, 1.807) is 0 Å². The maximum absolute atomic E-state index is 12.7. The lowest BCUT2D eigenvalue weighted by atomic mass is 9.89. The molecule has 1 N–H and O–H groups in total. The molecular formula is C13H14N2O6S. The molecule has 0 radical (unpaired) electrons. The van der Waals surface area contributed by atoms with Gasteiger partial charge in [0, 0.05) is 24.2 Å². The van der Waals surface area contributed by atoms with Gasteiger partial charge in [0.15, 0.2) is 0 Å². The van der Waals surface area contributed by atoms with Crippen molar-refractivity contribution in [2.45, 2.75) is 36.2 Å². The van der Waals surface area contributed by atoms with E-state index in [1.807, 2.05) is 0 Å². The number of sulfonamides is 1. The first-order valence-electron chi connectivity index (χ1n) is 6.83. The molecule has 0 aliphatic carbocycles. The van der Waals surface area contributed by atoms with Gasteiger partial charge in [-0.05, 0) is 25.3 Å². The molecule has 2 saturated heterocycles. The molecule has 3 atom stereocenters. The largest absolute Gasteiger partial charge is 0.481 e. The topological polar surface area (TPSA) is 118 Å². The molecule has 118 valence electrons. The average molecular weight is 326 g/mol. The highest BCUT2D eigenvalue weighted by molar-refractivity contribution is 7.89. The summed E-state index contributed by atoms with van der Waals surface area (Å²) in [5.74, 6) is -1.70. The van der Waals surface area contributed by atoms with Crippen LogP contribution in [0.5, 0.6) is 0 Å². The van der Waals surface area contributed by atoms with Crippen LogP contribution in [-0.4, -0.2) is 40.8 Å². The van der Waals surface area contributed by atoms with Crippen molar-refractivity contribution in [2.24, 2.45) is 5.92 Å². The Kier molecular flexibility index (Phi) is 3.41. The lowest BCUT2D eigenvalue weighted by Gasteiger charge is -2.22. The van der Waals surface area contributed by atoms with Crippen molar-refractivity contribution >= 4 is 21.7 Å². The Morgan fingerprint density at radius 2 is 2.09 bits per heavy atom. The normalized spacial score (nSPS) is 27.9. The van der Waals surface area contributed by atoms with Crippen LogP contribution in [0.25, 0.3) is 0 Å². The predicted molar refractivity (Wildman–Crippen MR) is 74.7 cm³/mol. The number of benzene rings is 1. The van der Waals surface area contributed by atoms with Gasteiger partial charge in [0.2, 0.25) is 10.0 Å². The van der Waals surface area contributed by atoms with Crippen molar-refractivity contribution in [3.05, 3.63) is 34.4 Å². The molecule has 1 aromatic carbocycles. The van der Waals surface area contributed by atoms with E-state index in [9.17, 15) is 28.4 Å². The van der Waals surface area contributed by atoms with Crippen LogP contribution in [0.1, 0.15) is 19.3 Å². The van der Waals surface area contributed by atoms with E-state index < -0.39 is 32.9 Å². The van der Waals surface area contributed by atoms with Crippen LogP contribution < -0.4 is 0 Å². The molecule has 0 amide bonds. The van der Waals surface area contributed by atoms with E-state index in [4.69, 9.17) is 0 Å². The Hall–Kier alpha value is -2.00. The number of non-ortho nitro benzene ring substituents is 1. The van der Waals surface area contributed by atoms with Crippen LogP contribution in [0.15, 0.2) is 29.2 Å². The molecule has 0 aromatic heterocycles. The second-order valence-electron chi connectivity index (χ2n) is 5.57. The van der Waals surface area contributed by atoms with Crippen LogP contribution in [0.3, 0.4) is 0 Å². The number of hydrogen-bond acceptors (Lipinski definition) is 5. The second kappa shape index (κ2) is 5.03. The summed E-state index contributed by atoms with van der Waals surface area (Å²) in [7, 11) is -3.93. The summed E-state index contributed by atoms with van der Waals surface area (Å²) in [6.07, 6.45) is 1.44. The minimum Gasteiger partial charge on any atom is -0.481 e. The number of nitro benzene ring substituents is 1. The maximum Gasteiger partial charge on any atom is 0.308 e. The molecule has 8 nitrogen and oxygen atoms in total. The van der Waals surface area contributed by atoms with Gasteiger partial charge in [-0.2, -0.15) is 4.31 Å². The van der Waals surface area contributed by atoms with Crippen LogP contribution in [0, 0.1) is 16.0 Å². The monoisotopic (exact) mass is 326 g/mol. The summed E-state index contributed by atoms with van der Waals surface area (Å²) in [5.41, 5.74) is -0.303. The van der Waals surface area contributed by atoms with Gasteiger partial charge < -0.3 is 5.11 Å². The first-order valence-corrected chi connectivity index (χ1v) is 8.27. The molecule has 2 bridgehead atoms. The number of carbonyl (C=O) groups is 1. The third-order valence-corrected chi connectivity index (χ3v) is 6.37. The molecule has 3 rings (SSSR count). The van der Waals surface area contributed by atoms with Gasteiger partial charge in [-0.1, -0.05) is 6.07 Å². The average Bonchev–Trinajstić information content (AvgIpc) is 3.05. The SMILES string of the molecule is O=C(O)C1CC2CCC1N2S(=O)(=O)c1cccc([N+](=O)[O-])c1. The lowest BCUT2D eigenvalue weighted by molar-refractivity contribution is -0.385. The molecule has 2 aliphatic rings. The van der Waals surface area contributed by atoms with Gasteiger partial charge >= 0.3 is 5.97 Å². The molecule has 3 unspecified atom stereocenters. The number of carboxylic acids is 1. The van der Waals surface area contributed by atoms with E-state index in [0.717, 1.165) is 6.07 Å². The Labute approximate surface area is 126 Å². The number of carboxylic acid groups (broad SMARTS) is 1. The van der Waals surface area contributed by atoms with Crippen LogP contribution in [-0.2, 0) is 14.8 Å². The number of nitro groups is 1. The minimum absolute atomic E-state index is 0.162. The number of fused-ring (bicyclic) bond motifs is 2. The molecule has 22 heavy (non-hydrogen) atoms. The Balaban J connectivity index is 1.99. The molecule has 9 heteroatoms. The number of nitrogens with zero attached hydrogens (tertiary/aromatic N) is 2. The van der Waals surface area contributed by atoms with Crippen molar-refractivity contribution < 1.29 is 23.2 Å². The molecule has 1 aromatic rings. The fourth-order valence-electron chi connectivity index (χ4n) is 3.46. The highest BCUT2D eigenvalue weighted by atomic mass is 32.2. The fourth-order valence-corrected chi connectivity index (χ4v) is 5.41. The van der Waals surface area contributed by atoms with Gasteiger partial charge in [0.25, 0.3) is 5.69 Å². The predicted octanol–water partition coefficient (Wildman–Crippen LogP) is 1.22. The van der Waals surface area contributed by atoms with Gasteiger partial charge in [-0.3, -0.25) is 14.9 Å². The number of rotatable bonds is 4. The Morgan fingerprint density at radius 1 is 1.36 bits per heavy atom. The summed E-state index contributed by atoms with van der Waals surface area (Å²) < 4.78 is 26.7. The van der Waals surface area contributed by atoms with E-state index in [0.29, 0.717) is 19.3 Å². The van der Waals surface area contributed by atoms with E-state index in [1.165, 1.54) is 22.5 Å². The number of aliphatic carboxylic acids is 1. The summed E-state index contributed by atoms with van der Waals surface area (Å²) in [5, 5.41) is 20.0. The zero-order valence-corrected chi connectivity index (χ0v) is 12.3. The molecule has 2 heterocycles. The van der Waals surface area contributed by atoms with Crippen molar-refractivity contribution in [1.82, 2.24) is 4.31 Å². The third kappa shape index (κ3) is 2.17. The summed E-state index contributed by atoms with van der Waals surface area (Å²) in [6.45, 7) is 0. The lowest BCUT2D eigenvalue weighted by Crippen LogP contribution is -2.37. The highest BCUT2D eigenvalue weighted by Crippen LogP contribution is 2.45. The number of hydrogen-bond donors (Lipinski definition) is 1. The first kappa shape index (κ1) is 14.9. The van der Waals surface area contributed by atoms with Crippen molar-refractivity contribution in [2.75, 3.05) is 0 Å². The van der Waals surface area contributed by atoms with Gasteiger partial charge in [-0.15, -0.1) is 0 Å². The Bertz CT molecular complexity index is 747. The van der Waals surface area contributed by atoms with Crippen molar-refractivity contribution in [3.63, 3.8) is 0 Å². The third-order valence-electron chi connectivity index (χ3n) is 4.39. The highest BCUT2D eigenvalue weighted by Gasteiger charge is 2.54. The minimum atomic E-state index is -3.93. The zero-order chi connectivity index (χ0) is 16.1. The van der Waals surface area contributed by atoms with Gasteiger partial charge in [0.1, 0.15) is 0 Å². The van der Waals surface area contributed by atoms with Crippen LogP contribution in [0.2, 0.25) is 0 Å². The maximum atomic E-state index is 12.7. The second-order valence-corrected chi connectivity index (χ2v) is 7.41. The smallest absolute Gasteiger partial charge is 0.308 e. The molecule has 0 spiro atoms. The standard InChI is InChI=1S/C13H14N2O6S/c16-13(17)11-7-8-4-5-12(11)14(8)22(20,21)10-3-1-2-9(6-10)15(18)19/h1-3,6,8,11-12H,4-5,7H2,(H,16,17). The Morgan fingerprint density at radius 3 is 2.68 bits per heavy atom. The first-order chi connectivity index (χ1) is 10.3. The fraction of sp³-hybridized carbons (Fsp3) is 0.462. The van der Waals surface area contributed by atoms with E-state index >= 15 is 0 Å². The van der Waals surface area contributed by atoms with E-state index in [-0.39, 0.29) is 16.6 Å². The van der Waals surface area contributed by atoms with Gasteiger partial charge in [0.05, 0.1) is 15.7 Å². The quantitative estimate of drug-likeness (QED) is 0.656. The molecular weight excluding hydrogens is 312 g/mol. The van der Waals surface area contributed by atoms with Gasteiger partial charge in [-0.25, -0.2) is 8.42 Å². The summed E-state index contributed by atoms with van der Waals surface area (Å²) in [6, 6.07) is 3.95. The zero-order valence-electron chi connectivity index (χ0n) is 11.5. The van der Waals surface area contributed by atoms with Crippen molar-refractivity contribution in [3.8, 4) is 0 Å². The van der Waals surface area contributed by atoms with Crippen LogP contribution in [0.4, 0.5) is 5.69 Å². The summed E-state index contributed by atoms with van der Waals surface area (Å²) >= 11 is 0. The van der Waals surface area contributed by atoms with E-state index in [2.05, 4.69) is 0 Å². The van der Waals surface area contributed by atoms with Crippen molar-refractivity contribution in [1.29, 1.82) is 0 Å². The molecule has 2 aliphatic heterocycles. The molecule has 2 fully saturated rings. The summed E-state index contributed by atoms with van der Waals surface area (Å²) in [4.78, 5) is 21.2.